The Balaban J connectivity index is 1.50. The predicted molar refractivity (Wildman–Crippen MR) is 155 cm³/mol. The lowest BCUT2D eigenvalue weighted by molar-refractivity contribution is 0.0935. The first-order valence-corrected chi connectivity index (χ1v) is 13.3. The minimum absolute atomic E-state index is 0.209. The molecule has 2 heterocycles. The summed E-state index contributed by atoms with van der Waals surface area (Å²) in [4.78, 5) is 35.5. The van der Waals surface area contributed by atoms with Gasteiger partial charge in [0.15, 0.2) is 5.58 Å². The standard InChI is InChI=1S/C32H31FN4O3/c1-5-6-17-35-20(3)32(15-16-32)37-30(38)22-8-7-19(2)24(18-22)25-13-14-26-28(36-25)27(31(39)34-4)29(40-26)21-9-11-23(33)12-10-21/h7-14,17-18H,3,5-6,15-16H2,1-2,4H3,(H,34,39)(H,37,38). The van der Waals surface area contributed by atoms with Crippen molar-refractivity contribution in [2.24, 2.45) is 4.99 Å². The Morgan fingerprint density at radius 2 is 1.88 bits per heavy atom. The summed E-state index contributed by atoms with van der Waals surface area (Å²) in [6, 6.07) is 14.8. The molecule has 1 aliphatic rings. The number of nitrogens with zero attached hydrogens (tertiary/aromatic N) is 2. The number of benzene rings is 2. The van der Waals surface area contributed by atoms with Crippen LogP contribution in [0.2, 0.25) is 0 Å². The number of hydrogen-bond acceptors (Lipinski definition) is 5. The Bertz CT molecular complexity index is 1650. The van der Waals surface area contributed by atoms with Gasteiger partial charge < -0.3 is 15.1 Å². The van der Waals surface area contributed by atoms with Crippen LogP contribution in [0.3, 0.4) is 0 Å². The number of carbonyl (C=O) groups excluding carboxylic acids is 2. The molecule has 0 atom stereocenters. The fourth-order valence-electron chi connectivity index (χ4n) is 4.63. The van der Waals surface area contributed by atoms with Gasteiger partial charge in [0.1, 0.15) is 22.7 Å². The number of pyridine rings is 1. The molecule has 0 unspecified atom stereocenters. The molecule has 1 fully saturated rings. The number of nitrogens with one attached hydrogen (secondary N) is 2. The van der Waals surface area contributed by atoms with Crippen LogP contribution >= 0.6 is 0 Å². The van der Waals surface area contributed by atoms with Gasteiger partial charge in [-0.05, 0) is 80.3 Å². The second-order valence-corrected chi connectivity index (χ2v) is 10.0. The van der Waals surface area contributed by atoms with Crippen molar-refractivity contribution in [1.82, 2.24) is 15.6 Å². The maximum Gasteiger partial charge on any atom is 0.257 e. The highest BCUT2D eigenvalue weighted by atomic mass is 19.1. The molecule has 4 aromatic rings. The molecule has 1 aliphatic carbocycles. The van der Waals surface area contributed by atoms with Crippen molar-refractivity contribution in [3.63, 3.8) is 0 Å². The van der Waals surface area contributed by atoms with Gasteiger partial charge in [0.2, 0.25) is 0 Å². The third kappa shape index (κ3) is 5.17. The molecule has 8 heteroatoms. The number of aryl methyl sites for hydroxylation is 1. The molecule has 2 aromatic heterocycles. The van der Waals surface area contributed by atoms with E-state index in [2.05, 4.69) is 29.1 Å². The summed E-state index contributed by atoms with van der Waals surface area (Å²) in [5.41, 5.74) is 4.55. The van der Waals surface area contributed by atoms with E-state index in [4.69, 9.17) is 9.40 Å². The van der Waals surface area contributed by atoms with Crippen molar-refractivity contribution >= 4 is 29.1 Å². The number of unbranched alkanes of at least 4 members (excludes halogenated alkanes) is 1. The second kappa shape index (κ2) is 10.9. The molecule has 0 aliphatic heterocycles. The van der Waals surface area contributed by atoms with E-state index in [1.54, 1.807) is 36.4 Å². The molecule has 0 spiro atoms. The topological polar surface area (TPSA) is 96.6 Å². The van der Waals surface area contributed by atoms with Crippen molar-refractivity contribution in [2.45, 2.75) is 45.1 Å². The Labute approximate surface area is 232 Å². The number of halogens is 1. The van der Waals surface area contributed by atoms with E-state index in [0.717, 1.165) is 36.8 Å². The van der Waals surface area contributed by atoms with Crippen LogP contribution in [0.1, 0.15) is 58.9 Å². The van der Waals surface area contributed by atoms with E-state index in [1.807, 2.05) is 19.2 Å². The van der Waals surface area contributed by atoms with Crippen LogP contribution in [0, 0.1) is 12.7 Å². The van der Waals surface area contributed by atoms with Crippen molar-refractivity contribution in [1.29, 1.82) is 0 Å². The summed E-state index contributed by atoms with van der Waals surface area (Å²) >= 11 is 0. The maximum absolute atomic E-state index is 13.5. The molecule has 7 nitrogen and oxygen atoms in total. The van der Waals surface area contributed by atoms with Crippen molar-refractivity contribution in [2.75, 3.05) is 7.05 Å². The lowest BCUT2D eigenvalue weighted by Crippen LogP contribution is -2.37. The van der Waals surface area contributed by atoms with Crippen molar-refractivity contribution < 1.29 is 18.4 Å². The summed E-state index contributed by atoms with van der Waals surface area (Å²) in [5, 5.41) is 5.77. The number of rotatable bonds is 9. The van der Waals surface area contributed by atoms with Gasteiger partial charge in [-0.25, -0.2) is 9.37 Å². The minimum Gasteiger partial charge on any atom is -0.454 e. The fraction of sp³-hybridized carbons (Fsp3) is 0.250. The highest BCUT2D eigenvalue weighted by molar-refractivity contribution is 6.10. The van der Waals surface area contributed by atoms with Gasteiger partial charge in [-0.15, -0.1) is 0 Å². The molecular formula is C32H31FN4O3. The van der Waals surface area contributed by atoms with Gasteiger partial charge >= 0.3 is 0 Å². The van der Waals surface area contributed by atoms with E-state index in [-0.39, 0.29) is 23.2 Å². The minimum atomic E-state index is -0.500. The number of furan rings is 1. The Hall–Kier alpha value is -4.59. The number of aliphatic imine (C=N–C) groups is 1. The number of carbonyl (C=O) groups is 2. The van der Waals surface area contributed by atoms with E-state index < -0.39 is 5.54 Å². The van der Waals surface area contributed by atoms with Gasteiger partial charge in [0.05, 0.1) is 16.9 Å². The van der Waals surface area contributed by atoms with Gasteiger partial charge in [-0.1, -0.05) is 26.0 Å². The number of amides is 2. The lowest BCUT2D eigenvalue weighted by Gasteiger charge is -2.18. The Morgan fingerprint density at radius 3 is 2.55 bits per heavy atom. The molecule has 2 amide bonds. The third-order valence-electron chi connectivity index (χ3n) is 7.19. The average molecular weight is 539 g/mol. The fourth-order valence-corrected chi connectivity index (χ4v) is 4.63. The van der Waals surface area contributed by atoms with Gasteiger partial charge in [-0.3, -0.25) is 14.6 Å². The zero-order valence-electron chi connectivity index (χ0n) is 22.8. The lowest BCUT2D eigenvalue weighted by atomic mass is 10.0. The maximum atomic E-state index is 13.5. The molecular weight excluding hydrogens is 507 g/mol. The molecule has 2 aromatic carbocycles. The zero-order valence-corrected chi connectivity index (χ0v) is 22.8. The van der Waals surface area contributed by atoms with Crippen LogP contribution in [0.25, 0.3) is 33.7 Å². The van der Waals surface area contributed by atoms with Gasteiger partial charge in [0, 0.05) is 30.0 Å². The van der Waals surface area contributed by atoms with Crippen LogP contribution in [-0.4, -0.2) is 35.6 Å². The number of aromatic nitrogens is 1. The summed E-state index contributed by atoms with van der Waals surface area (Å²) in [6.07, 6.45) is 5.32. The molecule has 5 rings (SSSR count). The van der Waals surface area contributed by atoms with E-state index >= 15 is 0 Å². The molecule has 40 heavy (non-hydrogen) atoms. The second-order valence-electron chi connectivity index (χ2n) is 10.0. The normalized spacial score (nSPS) is 13.9. The summed E-state index contributed by atoms with van der Waals surface area (Å²) in [5.74, 6) is -0.661. The van der Waals surface area contributed by atoms with Gasteiger partial charge in [-0.2, -0.15) is 0 Å². The highest BCUT2D eigenvalue weighted by Gasteiger charge is 2.47. The molecule has 0 bridgehead atoms. The number of fused-ring (bicyclic) bond motifs is 1. The number of hydrogen-bond donors (Lipinski definition) is 2. The zero-order chi connectivity index (χ0) is 28.4. The van der Waals surface area contributed by atoms with E-state index in [9.17, 15) is 14.0 Å². The van der Waals surface area contributed by atoms with Crippen LogP contribution in [0.15, 0.2) is 76.3 Å². The van der Waals surface area contributed by atoms with Crippen LogP contribution in [0.4, 0.5) is 4.39 Å². The van der Waals surface area contributed by atoms with Crippen molar-refractivity contribution in [3.8, 4) is 22.6 Å². The largest absolute Gasteiger partial charge is 0.454 e. The van der Waals surface area contributed by atoms with E-state index in [1.165, 1.54) is 19.2 Å². The van der Waals surface area contributed by atoms with Crippen LogP contribution < -0.4 is 10.6 Å². The summed E-state index contributed by atoms with van der Waals surface area (Å²) < 4.78 is 19.6. The predicted octanol–water partition coefficient (Wildman–Crippen LogP) is 6.62. The Morgan fingerprint density at radius 1 is 1.12 bits per heavy atom. The molecule has 1 saturated carbocycles. The molecule has 204 valence electrons. The molecule has 2 N–H and O–H groups in total. The van der Waals surface area contributed by atoms with Crippen molar-refractivity contribution in [3.05, 3.63) is 89.4 Å². The first-order chi connectivity index (χ1) is 19.3. The molecule has 0 saturated heterocycles. The Kier molecular flexibility index (Phi) is 7.34. The van der Waals surface area contributed by atoms with E-state index in [0.29, 0.717) is 39.4 Å². The average Bonchev–Trinajstić information content (AvgIpc) is 3.64. The van der Waals surface area contributed by atoms with Crippen LogP contribution in [-0.2, 0) is 0 Å². The first kappa shape index (κ1) is 27.0. The monoisotopic (exact) mass is 538 g/mol. The van der Waals surface area contributed by atoms with Crippen LogP contribution in [0.5, 0.6) is 0 Å². The smallest absolute Gasteiger partial charge is 0.257 e. The first-order valence-electron chi connectivity index (χ1n) is 13.3. The summed E-state index contributed by atoms with van der Waals surface area (Å²) in [6.45, 7) is 8.11. The quantitative estimate of drug-likeness (QED) is 0.234. The van der Waals surface area contributed by atoms with Gasteiger partial charge in [0.25, 0.3) is 11.8 Å². The molecule has 0 radical (unpaired) electrons. The third-order valence-corrected chi connectivity index (χ3v) is 7.19. The summed E-state index contributed by atoms with van der Waals surface area (Å²) in [7, 11) is 1.53. The SMILES string of the molecule is C=C(N=CCCC)C1(NC(=O)c2ccc(C)c(-c3ccc4oc(-c5ccc(F)cc5)c(C(=O)NC)c4n3)c2)CC1. The highest BCUT2D eigenvalue weighted by Crippen LogP contribution is 2.42.